The Balaban J connectivity index is 1.87. The average molecular weight is 408 g/mol. The fraction of sp³-hybridized carbons (Fsp3) is 0.217. The van der Waals surface area contributed by atoms with Crippen molar-refractivity contribution in [3.63, 3.8) is 0 Å². The Bertz CT molecular complexity index is 1080. The predicted octanol–water partition coefficient (Wildman–Crippen LogP) is 3.84. The molecular formula is C23H24N2O5. The molecule has 7 heteroatoms. The average Bonchev–Trinajstić information content (AvgIpc) is 3.12. The van der Waals surface area contributed by atoms with Crippen LogP contribution in [0.4, 0.5) is 0 Å². The second-order valence-electron chi connectivity index (χ2n) is 6.72. The van der Waals surface area contributed by atoms with Gasteiger partial charge in [-0.25, -0.2) is 9.48 Å². The Kier molecular flexibility index (Phi) is 6.41. The summed E-state index contributed by atoms with van der Waals surface area (Å²) in [6, 6.07) is 14.5. The zero-order chi connectivity index (χ0) is 21.7. The third-order valence-corrected chi connectivity index (χ3v) is 4.59. The van der Waals surface area contributed by atoms with Crippen LogP contribution in [-0.2, 0) is 27.9 Å². The lowest BCUT2D eigenvalue weighted by Crippen LogP contribution is -2.09. The van der Waals surface area contributed by atoms with Crippen LogP contribution >= 0.6 is 0 Å². The minimum Gasteiger partial charge on any atom is -0.507 e. The van der Waals surface area contributed by atoms with Gasteiger partial charge in [-0.15, -0.1) is 0 Å². The third kappa shape index (κ3) is 4.46. The summed E-state index contributed by atoms with van der Waals surface area (Å²) in [6.07, 6.45) is 1.35. The predicted molar refractivity (Wildman–Crippen MR) is 113 cm³/mol. The summed E-state index contributed by atoms with van der Waals surface area (Å²) in [5.74, 6) is 0.182. The molecule has 0 fully saturated rings. The number of hydrogen-bond acceptors (Lipinski definition) is 6. The number of aromatic nitrogens is 2. The van der Waals surface area contributed by atoms with E-state index in [-0.39, 0.29) is 12.4 Å². The Hall–Kier alpha value is -3.74. The molecule has 1 N–H and O–H groups in total. The van der Waals surface area contributed by atoms with E-state index in [2.05, 4.69) is 5.10 Å². The van der Waals surface area contributed by atoms with E-state index in [9.17, 15) is 9.90 Å². The first-order chi connectivity index (χ1) is 14.4. The van der Waals surface area contributed by atoms with Crippen LogP contribution in [0.1, 0.15) is 16.7 Å². The molecule has 0 amide bonds. The van der Waals surface area contributed by atoms with Gasteiger partial charge in [0, 0.05) is 18.7 Å². The van der Waals surface area contributed by atoms with E-state index in [1.54, 1.807) is 29.9 Å². The molecule has 0 atom stereocenters. The van der Waals surface area contributed by atoms with Gasteiger partial charge in [-0.1, -0.05) is 35.9 Å². The van der Waals surface area contributed by atoms with E-state index in [0.29, 0.717) is 28.3 Å². The normalized spacial score (nSPS) is 11.3. The van der Waals surface area contributed by atoms with Gasteiger partial charge in [-0.3, -0.25) is 0 Å². The largest absolute Gasteiger partial charge is 0.507 e. The lowest BCUT2D eigenvalue weighted by molar-refractivity contribution is -0.133. The van der Waals surface area contributed by atoms with Crippen molar-refractivity contribution in [3.8, 4) is 22.9 Å². The number of phenolic OH excluding ortho intramolecular Hbond substituents is 1. The van der Waals surface area contributed by atoms with Gasteiger partial charge in [0.2, 0.25) is 5.88 Å². The molecule has 0 spiro atoms. The van der Waals surface area contributed by atoms with Crippen molar-refractivity contribution in [1.82, 2.24) is 9.78 Å². The highest BCUT2D eigenvalue weighted by molar-refractivity contribution is 6.16. The molecule has 0 aliphatic rings. The molecule has 0 unspecified atom stereocenters. The Morgan fingerprint density at radius 3 is 2.67 bits per heavy atom. The van der Waals surface area contributed by atoms with E-state index in [4.69, 9.17) is 14.2 Å². The number of esters is 1. The van der Waals surface area contributed by atoms with Crippen LogP contribution < -0.4 is 4.74 Å². The van der Waals surface area contributed by atoms with Gasteiger partial charge in [-0.2, -0.15) is 5.10 Å². The van der Waals surface area contributed by atoms with Gasteiger partial charge >= 0.3 is 5.97 Å². The lowest BCUT2D eigenvalue weighted by Gasteiger charge is -2.12. The number of phenols is 1. The molecule has 156 valence electrons. The van der Waals surface area contributed by atoms with E-state index in [1.807, 2.05) is 37.3 Å². The number of aromatic hydroxyl groups is 1. The summed E-state index contributed by atoms with van der Waals surface area (Å²) < 4.78 is 17.5. The number of aryl methyl sites for hydroxylation is 2. The number of carbonyl (C=O) groups excluding carboxylic acids is 1. The van der Waals surface area contributed by atoms with Crippen molar-refractivity contribution < 1.29 is 24.1 Å². The summed E-state index contributed by atoms with van der Waals surface area (Å²) in [7, 11) is 4.56. The molecule has 0 radical (unpaired) electrons. The smallest absolute Gasteiger partial charge is 0.341 e. The van der Waals surface area contributed by atoms with Crippen molar-refractivity contribution in [2.75, 3.05) is 14.2 Å². The number of nitrogens with zero attached hydrogens (tertiary/aromatic N) is 2. The van der Waals surface area contributed by atoms with Crippen molar-refractivity contribution in [2.45, 2.75) is 13.5 Å². The molecule has 7 nitrogen and oxygen atoms in total. The Morgan fingerprint density at radius 1 is 1.17 bits per heavy atom. The molecule has 3 rings (SSSR count). The quantitative estimate of drug-likeness (QED) is 0.363. The first kappa shape index (κ1) is 21.0. The van der Waals surface area contributed by atoms with Crippen LogP contribution in [0, 0.1) is 6.92 Å². The summed E-state index contributed by atoms with van der Waals surface area (Å²) >= 11 is 0. The first-order valence-corrected chi connectivity index (χ1v) is 9.31. The highest BCUT2D eigenvalue weighted by Gasteiger charge is 2.18. The molecular weight excluding hydrogens is 384 g/mol. The molecule has 0 bridgehead atoms. The van der Waals surface area contributed by atoms with Crippen molar-refractivity contribution in [2.24, 2.45) is 7.05 Å². The van der Waals surface area contributed by atoms with Gasteiger partial charge in [-0.05, 0) is 30.2 Å². The SMILES string of the molecule is CO/C=C(/C(=O)OC)c1ccccc1COc1cc(-c2cc(C)ccc2O)nn1C. The first-order valence-electron chi connectivity index (χ1n) is 9.31. The number of benzene rings is 2. The van der Waals surface area contributed by atoms with Crippen LogP contribution in [-0.4, -0.2) is 35.1 Å². The minimum absolute atomic E-state index is 0.156. The van der Waals surface area contributed by atoms with Crippen LogP contribution in [0.5, 0.6) is 11.6 Å². The van der Waals surface area contributed by atoms with Crippen LogP contribution in [0.2, 0.25) is 0 Å². The fourth-order valence-corrected chi connectivity index (χ4v) is 3.08. The number of carbonyl (C=O) groups is 1. The molecule has 1 heterocycles. The molecule has 0 aliphatic carbocycles. The van der Waals surface area contributed by atoms with Gasteiger partial charge in [0.05, 0.1) is 26.2 Å². The number of hydrogen-bond donors (Lipinski definition) is 1. The van der Waals surface area contributed by atoms with E-state index in [1.165, 1.54) is 20.5 Å². The van der Waals surface area contributed by atoms with Gasteiger partial charge in [0.25, 0.3) is 0 Å². The number of rotatable bonds is 7. The number of methoxy groups -OCH3 is 2. The summed E-state index contributed by atoms with van der Waals surface area (Å²) in [5.41, 5.74) is 4.00. The fourth-order valence-electron chi connectivity index (χ4n) is 3.08. The molecule has 30 heavy (non-hydrogen) atoms. The highest BCUT2D eigenvalue weighted by atomic mass is 16.5. The molecule has 0 saturated heterocycles. The molecule has 0 saturated carbocycles. The second kappa shape index (κ2) is 9.17. The molecule has 3 aromatic rings. The van der Waals surface area contributed by atoms with Gasteiger partial charge in [0.1, 0.15) is 17.9 Å². The maximum Gasteiger partial charge on any atom is 0.341 e. The van der Waals surface area contributed by atoms with Crippen LogP contribution in [0.15, 0.2) is 54.8 Å². The topological polar surface area (TPSA) is 82.8 Å². The monoisotopic (exact) mass is 408 g/mol. The van der Waals surface area contributed by atoms with Gasteiger partial charge in [0.15, 0.2) is 0 Å². The standard InChI is InChI=1S/C23H24N2O5/c1-15-9-10-21(26)18(11-15)20-12-22(25(2)24-20)30-13-16-7-5-6-8-17(16)19(14-28-3)23(27)29-4/h5-12,14,26H,13H2,1-4H3/b19-14+. The molecule has 2 aromatic carbocycles. The van der Waals surface area contributed by atoms with E-state index in [0.717, 1.165) is 11.1 Å². The summed E-state index contributed by atoms with van der Waals surface area (Å²) in [5, 5.41) is 14.6. The second-order valence-corrected chi connectivity index (χ2v) is 6.72. The highest BCUT2D eigenvalue weighted by Crippen LogP contribution is 2.31. The van der Waals surface area contributed by atoms with Crippen LogP contribution in [0.3, 0.4) is 0 Å². The Morgan fingerprint density at radius 2 is 1.93 bits per heavy atom. The van der Waals surface area contributed by atoms with Gasteiger partial charge < -0.3 is 19.3 Å². The number of ether oxygens (including phenoxy) is 3. The third-order valence-electron chi connectivity index (χ3n) is 4.59. The van der Waals surface area contributed by atoms with E-state index < -0.39 is 5.97 Å². The van der Waals surface area contributed by atoms with Crippen molar-refractivity contribution >= 4 is 11.5 Å². The zero-order valence-corrected chi connectivity index (χ0v) is 17.4. The van der Waals surface area contributed by atoms with Crippen LogP contribution in [0.25, 0.3) is 16.8 Å². The summed E-state index contributed by atoms with van der Waals surface area (Å²) in [4.78, 5) is 12.2. The van der Waals surface area contributed by atoms with E-state index >= 15 is 0 Å². The zero-order valence-electron chi connectivity index (χ0n) is 17.4. The van der Waals surface area contributed by atoms with Crippen molar-refractivity contribution in [1.29, 1.82) is 0 Å². The Labute approximate surface area is 175 Å². The summed E-state index contributed by atoms with van der Waals surface area (Å²) in [6.45, 7) is 2.15. The molecule has 1 aromatic heterocycles. The van der Waals surface area contributed by atoms with Crippen molar-refractivity contribution in [3.05, 3.63) is 71.5 Å². The maximum absolute atomic E-state index is 12.2. The minimum atomic E-state index is -0.498. The maximum atomic E-state index is 12.2. The molecule has 0 aliphatic heterocycles. The lowest BCUT2D eigenvalue weighted by atomic mass is 10.0.